The molecule has 2 atom stereocenters. The second kappa shape index (κ2) is 5.03. The van der Waals surface area contributed by atoms with Crippen LogP contribution in [0.25, 0.3) is 0 Å². The predicted octanol–water partition coefficient (Wildman–Crippen LogP) is 3.36. The van der Waals surface area contributed by atoms with Gasteiger partial charge < -0.3 is 5.32 Å². The fourth-order valence-electron chi connectivity index (χ4n) is 2.48. The normalized spacial score (nSPS) is 26.1. The van der Waals surface area contributed by atoms with Gasteiger partial charge in [-0.3, -0.25) is 4.68 Å². The van der Waals surface area contributed by atoms with Crippen LogP contribution in [0.2, 0.25) is 5.02 Å². The summed E-state index contributed by atoms with van der Waals surface area (Å²) in [5.41, 5.74) is 2.13. The van der Waals surface area contributed by atoms with Gasteiger partial charge in [0.05, 0.1) is 16.4 Å². The first-order valence-corrected chi connectivity index (χ1v) is 7.28. The predicted molar refractivity (Wildman–Crippen MR) is 76.3 cm³/mol. The standard InChI is InChI=1S/C13H21Cl2N3/c1-5-18-9(12(15)8(2)17-18)7-16-11-6-10(14)13(11,3)4/h10-11,16H,5-7H2,1-4H3. The van der Waals surface area contributed by atoms with Crippen LogP contribution >= 0.6 is 23.2 Å². The molecule has 1 fully saturated rings. The average Bonchev–Trinajstić information content (AvgIpc) is 2.61. The average molecular weight is 290 g/mol. The first kappa shape index (κ1) is 14.2. The molecule has 0 bridgehead atoms. The van der Waals surface area contributed by atoms with Gasteiger partial charge >= 0.3 is 0 Å². The van der Waals surface area contributed by atoms with Crippen molar-refractivity contribution in [3.05, 3.63) is 16.4 Å². The highest BCUT2D eigenvalue weighted by Crippen LogP contribution is 2.44. The van der Waals surface area contributed by atoms with Gasteiger partial charge in [0.1, 0.15) is 0 Å². The van der Waals surface area contributed by atoms with Crippen LogP contribution in [0.4, 0.5) is 0 Å². The van der Waals surface area contributed by atoms with Crippen LogP contribution in [0.5, 0.6) is 0 Å². The molecule has 0 amide bonds. The van der Waals surface area contributed by atoms with Crippen molar-refractivity contribution < 1.29 is 0 Å². The third-order valence-corrected chi connectivity index (χ3v) is 5.35. The Bertz CT molecular complexity index is 440. The molecule has 1 aromatic heterocycles. The quantitative estimate of drug-likeness (QED) is 0.862. The summed E-state index contributed by atoms with van der Waals surface area (Å²) in [6.45, 7) is 10.0. The van der Waals surface area contributed by atoms with Gasteiger partial charge in [0.2, 0.25) is 0 Å². The lowest BCUT2D eigenvalue weighted by Crippen LogP contribution is -2.57. The van der Waals surface area contributed by atoms with E-state index in [9.17, 15) is 0 Å². The summed E-state index contributed by atoms with van der Waals surface area (Å²) >= 11 is 12.5. The molecule has 2 rings (SSSR count). The molecule has 1 heterocycles. The van der Waals surface area contributed by atoms with Gasteiger partial charge in [-0.25, -0.2) is 0 Å². The molecule has 18 heavy (non-hydrogen) atoms. The van der Waals surface area contributed by atoms with E-state index in [4.69, 9.17) is 23.2 Å². The van der Waals surface area contributed by atoms with Crippen molar-refractivity contribution in [2.24, 2.45) is 5.41 Å². The highest BCUT2D eigenvalue weighted by atomic mass is 35.5. The maximum absolute atomic E-state index is 6.29. The largest absolute Gasteiger partial charge is 0.308 e. The molecular weight excluding hydrogens is 269 g/mol. The molecule has 1 aliphatic rings. The number of hydrogen-bond donors (Lipinski definition) is 1. The first-order chi connectivity index (χ1) is 8.37. The van der Waals surface area contributed by atoms with Crippen LogP contribution in [-0.4, -0.2) is 21.2 Å². The van der Waals surface area contributed by atoms with Gasteiger partial charge in [-0.15, -0.1) is 11.6 Å². The Morgan fingerprint density at radius 1 is 1.50 bits per heavy atom. The molecule has 102 valence electrons. The van der Waals surface area contributed by atoms with Gasteiger partial charge in [-0.05, 0) is 25.7 Å². The SMILES string of the molecule is CCn1nc(C)c(Cl)c1CNC1CC(Cl)C1(C)C. The van der Waals surface area contributed by atoms with E-state index in [-0.39, 0.29) is 10.8 Å². The zero-order valence-corrected chi connectivity index (χ0v) is 12.9. The number of halogens is 2. The summed E-state index contributed by atoms with van der Waals surface area (Å²) in [7, 11) is 0. The van der Waals surface area contributed by atoms with E-state index in [1.54, 1.807) is 0 Å². The molecule has 0 saturated heterocycles. The summed E-state index contributed by atoms with van der Waals surface area (Å²) in [5, 5.41) is 9.02. The summed E-state index contributed by atoms with van der Waals surface area (Å²) in [6.07, 6.45) is 1.02. The molecule has 0 aromatic carbocycles. The van der Waals surface area contributed by atoms with Crippen molar-refractivity contribution >= 4 is 23.2 Å². The van der Waals surface area contributed by atoms with Crippen molar-refractivity contribution in [2.75, 3.05) is 0 Å². The fourth-order valence-corrected chi connectivity index (χ4v) is 3.01. The second-order valence-corrected chi connectivity index (χ2v) is 6.52. The third kappa shape index (κ3) is 2.28. The van der Waals surface area contributed by atoms with Crippen LogP contribution in [-0.2, 0) is 13.1 Å². The molecule has 3 nitrogen and oxygen atoms in total. The van der Waals surface area contributed by atoms with E-state index in [0.29, 0.717) is 6.04 Å². The summed E-state index contributed by atoms with van der Waals surface area (Å²) in [5.74, 6) is 0. The van der Waals surface area contributed by atoms with E-state index in [1.807, 2.05) is 11.6 Å². The number of aryl methyl sites for hydroxylation is 2. The lowest BCUT2D eigenvalue weighted by Gasteiger charge is -2.49. The Hall–Kier alpha value is -0.250. The van der Waals surface area contributed by atoms with Crippen LogP contribution in [0, 0.1) is 12.3 Å². The van der Waals surface area contributed by atoms with E-state index in [1.165, 1.54) is 0 Å². The minimum Gasteiger partial charge on any atom is -0.308 e. The van der Waals surface area contributed by atoms with Crippen molar-refractivity contribution in [2.45, 2.75) is 58.6 Å². The Morgan fingerprint density at radius 3 is 2.67 bits per heavy atom. The minimum atomic E-state index is 0.153. The fraction of sp³-hybridized carbons (Fsp3) is 0.769. The second-order valence-electron chi connectivity index (χ2n) is 5.62. The van der Waals surface area contributed by atoms with Crippen LogP contribution in [0.1, 0.15) is 38.6 Å². The van der Waals surface area contributed by atoms with Crippen molar-refractivity contribution in [3.8, 4) is 0 Å². The van der Waals surface area contributed by atoms with E-state index in [0.717, 1.165) is 35.9 Å². The van der Waals surface area contributed by atoms with Crippen molar-refractivity contribution in [1.82, 2.24) is 15.1 Å². The monoisotopic (exact) mass is 289 g/mol. The molecule has 0 aliphatic heterocycles. The Morgan fingerprint density at radius 2 is 2.17 bits per heavy atom. The topological polar surface area (TPSA) is 29.9 Å². The van der Waals surface area contributed by atoms with E-state index in [2.05, 4.69) is 31.2 Å². The van der Waals surface area contributed by atoms with Crippen molar-refractivity contribution in [3.63, 3.8) is 0 Å². The van der Waals surface area contributed by atoms with Crippen LogP contribution < -0.4 is 5.32 Å². The van der Waals surface area contributed by atoms with Crippen LogP contribution in [0.15, 0.2) is 0 Å². The highest BCUT2D eigenvalue weighted by molar-refractivity contribution is 6.31. The summed E-state index contributed by atoms with van der Waals surface area (Å²) < 4.78 is 1.97. The maximum Gasteiger partial charge on any atom is 0.0860 e. The summed E-state index contributed by atoms with van der Waals surface area (Å²) in [6, 6.07) is 0.455. The maximum atomic E-state index is 6.29. The summed E-state index contributed by atoms with van der Waals surface area (Å²) in [4.78, 5) is 0. The van der Waals surface area contributed by atoms with Crippen LogP contribution in [0.3, 0.4) is 0 Å². The molecule has 0 spiro atoms. The molecule has 1 aliphatic carbocycles. The molecule has 2 unspecified atom stereocenters. The zero-order chi connectivity index (χ0) is 13.5. The number of aromatic nitrogens is 2. The molecule has 1 aromatic rings. The minimum absolute atomic E-state index is 0.153. The van der Waals surface area contributed by atoms with Gasteiger partial charge in [-0.1, -0.05) is 25.4 Å². The van der Waals surface area contributed by atoms with Gasteiger partial charge in [0.15, 0.2) is 0 Å². The van der Waals surface area contributed by atoms with E-state index >= 15 is 0 Å². The lowest BCUT2D eigenvalue weighted by atomic mass is 9.67. The molecule has 1 N–H and O–H groups in total. The Labute approximate surface area is 119 Å². The van der Waals surface area contributed by atoms with Gasteiger partial charge in [-0.2, -0.15) is 5.10 Å². The molecular formula is C13H21Cl2N3. The van der Waals surface area contributed by atoms with Gasteiger partial charge in [0, 0.05) is 24.5 Å². The number of nitrogens with one attached hydrogen (secondary N) is 1. The van der Waals surface area contributed by atoms with E-state index < -0.39 is 0 Å². The third-order valence-electron chi connectivity index (χ3n) is 4.12. The van der Waals surface area contributed by atoms with Crippen molar-refractivity contribution in [1.29, 1.82) is 0 Å². The smallest absolute Gasteiger partial charge is 0.0860 e. The zero-order valence-electron chi connectivity index (χ0n) is 11.4. The molecule has 1 saturated carbocycles. The molecule has 0 radical (unpaired) electrons. The highest BCUT2D eigenvalue weighted by Gasteiger charge is 2.46. The first-order valence-electron chi connectivity index (χ1n) is 6.47. The number of hydrogen-bond acceptors (Lipinski definition) is 2. The lowest BCUT2D eigenvalue weighted by molar-refractivity contribution is 0.115. The Balaban J connectivity index is 2.03. The number of alkyl halides is 1. The van der Waals surface area contributed by atoms with Gasteiger partial charge in [0.25, 0.3) is 0 Å². The number of rotatable bonds is 4. The Kier molecular flexibility index (Phi) is 3.96. The molecule has 5 heteroatoms. The number of nitrogens with zero attached hydrogens (tertiary/aromatic N) is 2.